The lowest BCUT2D eigenvalue weighted by Gasteiger charge is -2.22. The van der Waals surface area contributed by atoms with Crippen molar-refractivity contribution in [2.75, 3.05) is 5.75 Å². The molecule has 0 fully saturated rings. The van der Waals surface area contributed by atoms with E-state index in [-0.39, 0.29) is 17.3 Å². The summed E-state index contributed by atoms with van der Waals surface area (Å²) >= 11 is 1.88. The molecule has 1 atom stereocenters. The Labute approximate surface area is 186 Å². The predicted octanol–water partition coefficient (Wildman–Crippen LogP) is 4.18. The molecule has 0 amide bonds. The van der Waals surface area contributed by atoms with Gasteiger partial charge in [0.05, 0.1) is 23.4 Å². The van der Waals surface area contributed by atoms with Gasteiger partial charge in [0.1, 0.15) is 5.78 Å². The zero-order chi connectivity index (χ0) is 21.9. The number of hydrogen-bond donors (Lipinski definition) is 1. The maximum absolute atomic E-state index is 13.3. The molecule has 0 spiro atoms. The van der Waals surface area contributed by atoms with E-state index in [1.54, 1.807) is 0 Å². The van der Waals surface area contributed by atoms with Crippen LogP contribution in [0.25, 0.3) is 22.3 Å². The second-order valence-corrected chi connectivity index (χ2v) is 9.32. The van der Waals surface area contributed by atoms with Gasteiger partial charge < -0.3 is 10.3 Å². The maximum atomic E-state index is 13.3. The third kappa shape index (κ3) is 2.84. The molecule has 6 heteroatoms. The molecule has 4 heterocycles. The minimum absolute atomic E-state index is 0.0291. The van der Waals surface area contributed by atoms with Crippen LogP contribution in [-0.2, 0) is 30.7 Å². The van der Waals surface area contributed by atoms with E-state index >= 15 is 0 Å². The van der Waals surface area contributed by atoms with Gasteiger partial charge in [0, 0.05) is 46.0 Å². The monoisotopic (exact) mass is 433 g/mol. The first-order valence-electron chi connectivity index (χ1n) is 11.2. The minimum Gasteiger partial charge on any atom is -0.326 e. The molecule has 3 aromatic rings. The summed E-state index contributed by atoms with van der Waals surface area (Å²) < 4.78 is 1.84. The number of rotatable bonds is 1. The number of aromatic nitrogens is 2. The Bertz CT molecular complexity index is 1310. The van der Waals surface area contributed by atoms with Gasteiger partial charge in [-0.05, 0) is 41.7 Å². The highest BCUT2D eigenvalue weighted by atomic mass is 32.2. The lowest BCUT2D eigenvalue weighted by Crippen LogP contribution is -2.30. The molecule has 31 heavy (non-hydrogen) atoms. The summed E-state index contributed by atoms with van der Waals surface area (Å²) in [6.07, 6.45) is 2.07. The number of fused-ring (bicyclic) bond motifs is 7. The molecule has 1 aromatic carbocycles. The van der Waals surface area contributed by atoms with Gasteiger partial charge in [-0.3, -0.25) is 9.59 Å². The van der Waals surface area contributed by atoms with Crippen LogP contribution in [0.4, 0.5) is 0 Å². The van der Waals surface area contributed by atoms with Gasteiger partial charge in [-0.1, -0.05) is 26.8 Å². The molecule has 2 N–H and O–H groups in total. The molecule has 5 nitrogen and oxygen atoms in total. The van der Waals surface area contributed by atoms with Crippen LogP contribution in [0, 0.1) is 0 Å². The number of aryl methyl sites for hydroxylation is 1. The summed E-state index contributed by atoms with van der Waals surface area (Å²) in [6, 6.07) is 6.29. The fourth-order valence-corrected chi connectivity index (χ4v) is 6.46. The summed E-state index contributed by atoms with van der Waals surface area (Å²) in [5.74, 6) is 1.07. The standard InChI is InChI=1S/C23H21N3O2S.C2H6/c1-11-14-8-18-21-16(10-26(18)23(28)13(14)3-5-19(11)27)15(9-24)20-17(25-21)4-2-12-6-7-29-22(12)20;1-2/h2,4,8,11H,3,5-7,9-10,24H2,1H3;1-2H3. The highest BCUT2D eigenvalue weighted by Gasteiger charge is 2.33. The Hall–Kier alpha value is -2.44. The topological polar surface area (TPSA) is 78.0 Å². The molecule has 2 aliphatic heterocycles. The normalized spacial score (nSPS) is 18.2. The molecule has 2 aromatic heterocycles. The molecule has 1 unspecified atom stereocenters. The van der Waals surface area contributed by atoms with Crippen LogP contribution in [0.5, 0.6) is 0 Å². The van der Waals surface area contributed by atoms with E-state index in [4.69, 9.17) is 10.7 Å². The van der Waals surface area contributed by atoms with Crippen LogP contribution in [0.3, 0.4) is 0 Å². The molecule has 160 valence electrons. The first-order valence-corrected chi connectivity index (χ1v) is 12.2. The van der Waals surface area contributed by atoms with E-state index in [9.17, 15) is 9.59 Å². The Morgan fingerprint density at radius 2 is 1.97 bits per heavy atom. The van der Waals surface area contributed by atoms with Crippen LogP contribution < -0.4 is 11.3 Å². The Morgan fingerprint density at radius 1 is 1.16 bits per heavy atom. The first-order chi connectivity index (χ1) is 15.1. The maximum Gasteiger partial charge on any atom is 0.254 e. The molecule has 3 aliphatic rings. The highest BCUT2D eigenvalue weighted by Crippen LogP contribution is 2.43. The van der Waals surface area contributed by atoms with Gasteiger partial charge in [-0.2, -0.15) is 0 Å². The van der Waals surface area contributed by atoms with Crippen LogP contribution in [0.15, 0.2) is 27.9 Å². The second kappa shape index (κ2) is 7.61. The van der Waals surface area contributed by atoms with Crippen molar-refractivity contribution in [1.29, 1.82) is 0 Å². The van der Waals surface area contributed by atoms with E-state index in [2.05, 4.69) is 12.1 Å². The van der Waals surface area contributed by atoms with E-state index < -0.39 is 0 Å². The average molecular weight is 434 g/mol. The predicted molar refractivity (Wildman–Crippen MR) is 126 cm³/mol. The van der Waals surface area contributed by atoms with Gasteiger partial charge in [0.15, 0.2) is 0 Å². The van der Waals surface area contributed by atoms with Crippen molar-refractivity contribution in [3.8, 4) is 11.4 Å². The third-order valence-electron chi connectivity index (χ3n) is 6.79. The molecular weight excluding hydrogens is 406 g/mol. The summed E-state index contributed by atoms with van der Waals surface area (Å²) in [6.45, 7) is 6.85. The smallest absolute Gasteiger partial charge is 0.254 e. The van der Waals surface area contributed by atoms with E-state index in [1.165, 1.54) is 15.8 Å². The van der Waals surface area contributed by atoms with Crippen molar-refractivity contribution in [3.63, 3.8) is 0 Å². The minimum atomic E-state index is -0.226. The third-order valence-corrected chi connectivity index (χ3v) is 7.95. The molecule has 0 saturated carbocycles. The summed E-state index contributed by atoms with van der Waals surface area (Å²) in [5, 5.41) is 1.17. The number of nitrogens with two attached hydrogens (primary N) is 1. The molecule has 0 radical (unpaired) electrons. The zero-order valence-electron chi connectivity index (χ0n) is 18.2. The number of nitrogens with zero attached hydrogens (tertiary/aromatic N) is 2. The highest BCUT2D eigenvalue weighted by molar-refractivity contribution is 7.99. The van der Waals surface area contributed by atoms with Crippen LogP contribution in [0.1, 0.15) is 60.9 Å². The number of ketones is 1. The summed E-state index contributed by atoms with van der Waals surface area (Å²) in [7, 11) is 0. The SMILES string of the molecule is CC.CC1C(=O)CCc2c1cc1n(c2=O)Cc2c-1nc1ccc3c(c1c2CN)SCC3. The fourth-order valence-electron chi connectivity index (χ4n) is 5.21. The van der Waals surface area contributed by atoms with Crippen molar-refractivity contribution in [1.82, 2.24) is 9.55 Å². The fraction of sp³-hybridized carbons (Fsp3) is 0.400. The van der Waals surface area contributed by atoms with Gasteiger partial charge in [0.2, 0.25) is 0 Å². The number of carbonyl (C=O) groups excluding carboxylic acids is 1. The summed E-state index contributed by atoms with van der Waals surface area (Å²) in [5.41, 5.74) is 14.1. The zero-order valence-corrected chi connectivity index (χ0v) is 19.1. The van der Waals surface area contributed by atoms with Crippen molar-refractivity contribution >= 4 is 28.4 Å². The number of pyridine rings is 2. The molecule has 0 saturated heterocycles. The van der Waals surface area contributed by atoms with Gasteiger partial charge in [-0.15, -0.1) is 11.8 Å². The molecule has 6 rings (SSSR count). The second-order valence-electron chi connectivity index (χ2n) is 8.21. The Kier molecular flexibility index (Phi) is 5.02. The van der Waals surface area contributed by atoms with E-state index in [0.29, 0.717) is 25.9 Å². The van der Waals surface area contributed by atoms with Crippen molar-refractivity contribution in [2.45, 2.75) is 63.9 Å². The van der Waals surface area contributed by atoms with Gasteiger partial charge in [0.25, 0.3) is 5.56 Å². The largest absolute Gasteiger partial charge is 0.326 e. The van der Waals surface area contributed by atoms with E-state index in [1.807, 2.05) is 43.2 Å². The lowest BCUT2D eigenvalue weighted by atomic mass is 9.83. The van der Waals surface area contributed by atoms with Gasteiger partial charge in [-0.25, -0.2) is 4.98 Å². The first kappa shape index (κ1) is 20.5. The average Bonchev–Trinajstić information content (AvgIpc) is 3.41. The van der Waals surface area contributed by atoms with E-state index in [0.717, 1.165) is 51.3 Å². The number of carbonyl (C=O) groups is 1. The lowest BCUT2D eigenvalue weighted by molar-refractivity contribution is -0.120. The van der Waals surface area contributed by atoms with Crippen molar-refractivity contribution < 1.29 is 4.79 Å². The van der Waals surface area contributed by atoms with Crippen LogP contribution in [0.2, 0.25) is 0 Å². The summed E-state index contributed by atoms with van der Waals surface area (Å²) in [4.78, 5) is 31.9. The van der Waals surface area contributed by atoms with Crippen LogP contribution in [-0.4, -0.2) is 21.1 Å². The number of hydrogen-bond acceptors (Lipinski definition) is 5. The number of thioether (sulfide) groups is 1. The molecular formula is C25H27N3O2S. The van der Waals surface area contributed by atoms with Crippen molar-refractivity contribution in [3.05, 3.63) is 56.4 Å². The van der Waals surface area contributed by atoms with Crippen molar-refractivity contribution in [2.24, 2.45) is 5.73 Å². The quantitative estimate of drug-likeness (QED) is 0.487. The number of benzene rings is 1. The van der Waals surface area contributed by atoms with Crippen LogP contribution >= 0.6 is 11.8 Å². The Morgan fingerprint density at radius 3 is 2.74 bits per heavy atom. The molecule has 0 bridgehead atoms. The number of Topliss-reactive ketones (excluding diaryl/α,β-unsaturated/α-hetero) is 1. The molecule has 1 aliphatic carbocycles. The van der Waals surface area contributed by atoms with Gasteiger partial charge >= 0.3 is 0 Å². The Balaban J connectivity index is 0.000000994.